The lowest BCUT2D eigenvalue weighted by Crippen LogP contribution is -2.43. The highest BCUT2D eigenvalue weighted by Gasteiger charge is 2.25. The van der Waals surface area contributed by atoms with Crippen LogP contribution in [0.2, 0.25) is 0 Å². The molecule has 132 valence electrons. The summed E-state index contributed by atoms with van der Waals surface area (Å²) in [5.74, 6) is 0.972. The first kappa shape index (κ1) is 17.0. The first-order valence-electron chi connectivity index (χ1n) is 8.63. The number of nitrogens with zero attached hydrogens (tertiary/aromatic N) is 1. The van der Waals surface area contributed by atoms with Gasteiger partial charge in [-0.25, -0.2) is 9.18 Å². The maximum Gasteiger partial charge on any atom is 0.321 e. The Labute approximate surface area is 142 Å². The molecule has 1 heterocycles. The maximum absolute atomic E-state index is 13.5. The summed E-state index contributed by atoms with van der Waals surface area (Å²) in [6, 6.07) is 4.07. The summed E-state index contributed by atoms with van der Waals surface area (Å²) < 4.78 is 24.4. The number of benzene rings is 1. The van der Waals surface area contributed by atoms with Gasteiger partial charge in [-0.2, -0.15) is 0 Å². The number of rotatable bonds is 6. The summed E-state index contributed by atoms with van der Waals surface area (Å²) in [6.07, 6.45) is 4.36. The van der Waals surface area contributed by atoms with Gasteiger partial charge in [0.2, 0.25) is 0 Å². The Bertz CT molecular complexity index is 575. The van der Waals surface area contributed by atoms with Crippen LogP contribution in [-0.4, -0.2) is 44.3 Å². The number of halogens is 1. The molecule has 5 nitrogen and oxygen atoms in total. The number of nitrogens with one attached hydrogen (secondary N) is 1. The molecule has 2 amide bonds. The molecule has 1 atom stereocenters. The van der Waals surface area contributed by atoms with E-state index in [-0.39, 0.29) is 11.8 Å². The van der Waals surface area contributed by atoms with Crippen LogP contribution in [0.15, 0.2) is 18.2 Å². The highest BCUT2D eigenvalue weighted by molar-refractivity contribution is 5.91. The van der Waals surface area contributed by atoms with Crippen molar-refractivity contribution in [2.45, 2.75) is 25.7 Å². The first-order valence-corrected chi connectivity index (χ1v) is 8.63. The quantitative estimate of drug-likeness (QED) is 0.865. The molecule has 2 fully saturated rings. The zero-order valence-corrected chi connectivity index (χ0v) is 14.1. The minimum Gasteiger partial charge on any atom is -0.491 e. The summed E-state index contributed by atoms with van der Waals surface area (Å²) >= 11 is 0. The molecule has 2 aliphatic rings. The van der Waals surface area contributed by atoms with Crippen molar-refractivity contribution in [1.29, 1.82) is 0 Å². The molecule has 3 rings (SSSR count). The average Bonchev–Trinajstić information content (AvgIpc) is 3.40. The topological polar surface area (TPSA) is 50.8 Å². The van der Waals surface area contributed by atoms with E-state index in [1.54, 1.807) is 18.1 Å². The third-order valence-electron chi connectivity index (χ3n) is 4.57. The number of hydrogen-bond donors (Lipinski definition) is 1. The number of ether oxygens (including phenoxy) is 2. The number of urea groups is 1. The van der Waals surface area contributed by atoms with Crippen LogP contribution >= 0.6 is 0 Å². The van der Waals surface area contributed by atoms with Gasteiger partial charge < -0.3 is 19.7 Å². The minimum atomic E-state index is -0.364. The summed E-state index contributed by atoms with van der Waals surface area (Å²) in [5.41, 5.74) is 0.524. The molecule has 0 spiro atoms. The van der Waals surface area contributed by atoms with E-state index >= 15 is 0 Å². The zero-order chi connectivity index (χ0) is 16.9. The van der Waals surface area contributed by atoms with Crippen LogP contribution in [0.5, 0.6) is 5.75 Å². The van der Waals surface area contributed by atoms with Crippen LogP contribution in [0.25, 0.3) is 0 Å². The zero-order valence-electron chi connectivity index (χ0n) is 14.1. The molecule has 0 bridgehead atoms. The van der Waals surface area contributed by atoms with Crippen molar-refractivity contribution in [3.63, 3.8) is 0 Å². The molecule has 1 saturated carbocycles. The highest BCUT2D eigenvalue weighted by Crippen LogP contribution is 2.32. The smallest absolute Gasteiger partial charge is 0.321 e. The molecule has 6 heteroatoms. The van der Waals surface area contributed by atoms with Gasteiger partial charge in [0, 0.05) is 32.2 Å². The van der Waals surface area contributed by atoms with Crippen molar-refractivity contribution >= 4 is 11.7 Å². The van der Waals surface area contributed by atoms with Gasteiger partial charge in [0.25, 0.3) is 0 Å². The molecule has 1 N–H and O–H groups in total. The van der Waals surface area contributed by atoms with Gasteiger partial charge in [0.15, 0.2) is 0 Å². The average molecular weight is 336 g/mol. The SMILES string of the molecule is COC[C@H]1CCCN(C(=O)Nc2ccc(F)cc2OCC2CC2)C1. The van der Waals surface area contributed by atoms with Gasteiger partial charge in [-0.05, 0) is 43.7 Å². The lowest BCUT2D eigenvalue weighted by molar-refractivity contribution is 0.104. The van der Waals surface area contributed by atoms with Gasteiger partial charge in [0.1, 0.15) is 11.6 Å². The predicted molar refractivity (Wildman–Crippen MR) is 89.8 cm³/mol. The Balaban J connectivity index is 1.62. The Morgan fingerprint density at radius 1 is 1.29 bits per heavy atom. The van der Waals surface area contributed by atoms with Gasteiger partial charge in [-0.15, -0.1) is 0 Å². The lowest BCUT2D eigenvalue weighted by Gasteiger charge is -2.32. The van der Waals surface area contributed by atoms with Gasteiger partial charge in [-0.1, -0.05) is 0 Å². The number of amides is 2. The number of carbonyl (C=O) groups is 1. The summed E-state index contributed by atoms with van der Waals surface area (Å²) in [7, 11) is 1.68. The predicted octanol–water partition coefficient (Wildman–Crippen LogP) is 3.50. The molecular formula is C18H25FN2O3. The second kappa shape index (κ2) is 7.83. The van der Waals surface area contributed by atoms with Gasteiger partial charge in [0.05, 0.1) is 18.9 Å². The van der Waals surface area contributed by atoms with Crippen molar-refractivity contribution in [3.05, 3.63) is 24.0 Å². The van der Waals surface area contributed by atoms with Crippen molar-refractivity contribution in [1.82, 2.24) is 4.90 Å². The number of hydrogen-bond acceptors (Lipinski definition) is 3. The number of anilines is 1. The monoisotopic (exact) mass is 336 g/mol. The lowest BCUT2D eigenvalue weighted by atomic mass is 9.99. The Morgan fingerprint density at radius 2 is 2.12 bits per heavy atom. The molecule has 0 aromatic heterocycles. The number of methoxy groups -OCH3 is 1. The van der Waals surface area contributed by atoms with Crippen LogP contribution in [0, 0.1) is 17.7 Å². The molecule has 0 radical (unpaired) electrons. The Kier molecular flexibility index (Phi) is 5.56. The van der Waals surface area contributed by atoms with E-state index in [0.717, 1.165) is 32.2 Å². The molecule has 24 heavy (non-hydrogen) atoms. The molecule has 1 aromatic carbocycles. The number of piperidine rings is 1. The van der Waals surface area contributed by atoms with Crippen LogP contribution in [0.3, 0.4) is 0 Å². The second-order valence-electron chi connectivity index (χ2n) is 6.73. The van der Waals surface area contributed by atoms with Gasteiger partial charge in [-0.3, -0.25) is 0 Å². The fraction of sp³-hybridized carbons (Fsp3) is 0.611. The highest BCUT2D eigenvalue weighted by atomic mass is 19.1. The third-order valence-corrected chi connectivity index (χ3v) is 4.57. The normalized spacial score (nSPS) is 20.8. The molecule has 0 unspecified atom stereocenters. The van der Waals surface area contributed by atoms with Crippen LogP contribution in [-0.2, 0) is 4.74 Å². The van der Waals surface area contributed by atoms with E-state index in [9.17, 15) is 9.18 Å². The molecule has 1 aromatic rings. The first-order chi connectivity index (χ1) is 11.7. The van der Waals surface area contributed by atoms with Crippen molar-refractivity contribution in [2.24, 2.45) is 11.8 Å². The van der Waals surface area contributed by atoms with Crippen LogP contribution in [0.4, 0.5) is 14.9 Å². The van der Waals surface area contributed by atoms with Crippen LogP contribution < -0.4 is 10.1 Å². The maximum atomic E-state index is 13.5. The van der Waals surface area contributed by atoms with E-state index in [2.05, 4.69) is 5.32 Å². The van der Waals surface area contributed by atoms with E-state index in [4.69, 9.17) is 9.47 Å². The Morgan fingerprint density at radius 3 is 2.88 bits per heavy atom. The third kappa shape index (κ3) is 4.60. The Hall–Kier alpha value is -1.82. The fourth-order valence-electron chi connectivity index (χ4n) is 3.03. The molecular weight excluding hydrogens is 311 g/mol. The number of likely N-dealkylation sites (tertiary alicyclic amines) is 1. The van der Waals surface area contributed by atoms with E-state index in [0.29, 0.717) is 43.0 Å². The summed E-state index contributed by atoms with van der Waals surface area (Å²) in [4.78, 5) is 14.3. The van der Waals surface area contributed by atoms with E-state index in [1.165, 1.54) is 12.1 Å². The molecule has 1 aliphatic heterocycles. The van der Waals surface area contributed by atoms with E-state index < -0.39 is 0 Å². The molecule has 1 saturated heterocycles. The van der Waals surface area contributed by atoms with Crippen molar-refractivity contribution < 1.29 is 18.7 Å². The minimum absolute atomic E-state index is 0.168. The van der Waals surface area contributed by atoms with Gasteiger partial charge >= 0.3 is 6.03 Å². The van der Waals surface area contributed by atoms with Crippen molar-refractivity contribution in [3.8, 4) is 5.75 Å². The van der Waals surface area contributed by atoms with Crippen LogP contribution in [0.1, 0.15) is 25.7 Å². The van der Waals surface area contributed by atoms with Crippen molar-refractivity contribution in [2.75, 3.05) is 38.7 Å². The molecule has 1 aliphatic carbocycles. The standard InChI is InChI=1S/C18H25FN2O3/c1-23-11-14-3-2-8-21(10-14)18(22)20-16-7-6-15(19)9-17(16)24-12-13-4-5-13/h6-7,9,13-14H,2-5,8,10-12H2,1H3,(H,20,22)/t14-/m0/s1. The van der Waals surface area contributed by atoms with E-state index in [1.807, 2.05) is 0 Å². The fourth-order valence-corrected chi connectivity index (χ4v) is 3.03. The summed E-state index contributed by atoms with van der Waals surface area (Å²) in [5, 5.41) is 2.87. The second-order valence-corrected chi connectivity index (χ2v) is 6.73. The largest absolute Gasteiger partial charge is 0.491 e. The summed E-state index contributed by atoms with van der Waals surface area (Å²) in [6.45, 7) is 2.65. The number of carbonyl (C=O) groups excluding carboxylic acids is 1.